The van der Waals surface area contributed by atoms with Crippen LogP contribution in [0.5, 0.6) is 0 Å². The summed E-state index contributed by atoms with van der Waals surface area (Å²) in [5, 5.41) is 14.7. The van der Waals surface area contributed by atoms with Crippen LogP contribution in [0.3, 0.4) is 0 Å². The number of allylic oxidation sites excluding steroid dienone is 5. The van der Waals surface area contributed by atoms with Crippen LogP contribution in [0.4, 0.5) is 5.69 Å². The number of fused-ring (bicyclic) bond motifs is 6. The molecule has 0 atom stereocenters. The van der Waals surface area contributed by atoms with E-state index in [0.29, 0.717) is 11.1 Å². The molecular weight excluding hydrogens is 420 g/mol. The molecular formula is C30H24N2O2. The summed E-state index contributed by atoms with van der Waals surface area (Å²) in [6.07, 6.45) is 7.57. The number of pyridine rings is 1. The molecule has 3 aliphatic heterocycles. The van der Waals surface area contributed by atoms with Gasteiger partial charge in [-0.3, -0.25) is 4.79 Å². The van der Waals surface area contributed by atoms with E-state index in [1.807, 2.05) is 24.3 Å². The molecule has 0 unspecified atom stereocenters. The number of hydrogen-bond acceptors (Lipinski definition) is 3. The Kier molecular flexibility index (Phi) is 4.19. The van der Waals surface area contributed by atoms with Crippen LogP contribution in [0.1, 0.15) is 36.9 Å². The molecule has 34 heavy (non-hydrogen) atoms. The number of aryl methyl sites for hydroxylation is 1. The second-order valence-corrected chi connectivity index (χ2v) is 9.43. The minimum absolute atomic E-state index is 0.0711. The van der Waals surface area contributed by atoms with E-state index < -0.39 is 0 Å². The Bertz CT molecular complexity index is 1540. The summed E-state index contributed by atoms with van der Waals surface area (Å²) < 4.78 is 2.27. The molecule has 0 saturated heterocycles. The quantitative estimate of drug-likeness (QED) is 0.412. The second kappa shape index (κ2) is 7.29. The molecule has 0 spiro atoms. The lowest BCUT2D eigenvalue weighted by atomic mass is 9.75. The number of para-hydroxylation sites is 2. The third-order valence-electron chi connectivity index (χ3n) is 7.63. The number of aromatic nitrogens is 1. The van der Waals surface area contributed by atoms with E-state index in [4.69, 9.17) is 0 Å². The van der Waals surface area contributed by atoms with Gasteiger partial charge in [-0.1, -0.05) is 42.2 Å². The average molecular weight is 445 g/mol. The molecule has 166 valence electrons. The Labute approximate surface area is 198 Å². The lowest BCUT2D eigenvalue weighted by Crippen LogP contribution is -2.43. The van der Waals surface area contributed by atoms with Crippen molar-refractivity contribution in [2.45, 2.75) is 32.2 Å². The molecule has 0 radical (unpaired) electrons. The largest absolute Gasteiger partial charge is 0.871 e. The minimum atomic E-state index is -0.0711. The van der Waals surface area contributed by atoms with Crippen molar-refractivity contribution in [2.24, 2.45) is 0 Å². The zero-order valence-electron chi connectivity index (χ0n) is 18.9. The Morgan fingerprint density at radius 1 is 0.824 bits per heavy atom. The minimum Gasteiger partial charge on any atom is -0.871 e. The van der Waals surface area contributed by atoms with Gasteiger partial charge in [0.1, 0.15) is 6.54 Å². The fourth-order valence-corrected chi connectivity index (χ4v) is 6.07. The second-order valence-electron chi connectivity index (χ2n) is 9.43. The number of anilines is 1. The average Bonchev–Trinajstić information content (AvgIpc) is 2.89. The summed E-state index contributed by atoms with van der Waals surface area (Å²) in [5.74, 6) is -0.142. The van der Waals surface area contributed by atoms with E-state index in [0.717, 1.165) is 72.5 Å². The zero-order valence-corrected chi connectivity index (χ0v) is 18.9. The third-order valence-corrected chi connectivity index (χ3v) is 7.63. The topological polar surface area (TPSA) is 47.3 Å². The fourth-order valence-electron chi connectivity index (χ4n) is 6.07. The Morgan fingerprint density at radius 2 is 1.65 bits per heavy atom. The summed E-state index contributed by atoms with van der Waals surface area (Å²) in [6.45, 7) is 1.81. The van der Waals surface area contributed by atoms with Gasteiger partial charge in [-0.25, -0.2) is 0 Å². The number of hydrogen-bond donors (Lipinski definition) is 0. The number of ketones is 1. The van der Waals surface area contributed by atoms with Crippen LogP contribution in [-0.4, -0.2) is 12.3 Å². The highest BCUT2D eigenvalue weighted by molar-refractivity contribution is 6.25. The maximum absolute atomic E-state index is 13.6. The van der Waals surface area contributed by atoms with Crippen LogP contribution < -0.4 is 14.6 Å². The molecule has 4 heterocycles. The first-order chi connectivity index (χ1) is 16.7. The standard InChI is InChI=1S/C30H24N2O2/c33-29-27(21-9-5-17-31-23-11-3-1-7-19(23)13-15-25(21)31)30(34)28(29)22-10-6-18-32-24-12-4-2-8-20(24)14-16-26(22)32/h1-4,7-8,11-16H,5-6,9-10,17-18H2. The highest BCUT2D eigenvalue weighted by Gasteiger charge is 2.38. The first-order valence-corrected chi connectivity index (χ1v) is 12.1. The summed E-state index contributed by atoms with van der Waals surface area (Å²) in [7, 11) is 0. The van der Waals surface area contributed by atoms with Gasteiger partial charge in [-0.05, 0) is 54.7 Å². The van der Waals surface area contributed by atoms with Gasteiger partial charge in [0.05, 0.1) is 0 Å². The summed E-state index contributed by atoms with van der Waals surface area (Å²) in [5.41, 5.74) is 8.14. The Balaban J connectivity index is 1.37. The maximum Gasteiger partial charge on any atom is 0.212 e. The number of Topliss-reactive ketones (excluding diaryl/α,β-unsaturated/α-hetero) is 1. The van der Waals surface area contributed by atoms with Gasteiger partial charge in [0.25, 0.3) is 0 Å². The van der Waals surface area contributed by atoms with E-state index in [1.54, 1.807) is 0 Å². The van der Waals surface area contributed by atoms with Crippen LogP contribution in [-0.2, 0) is 11.3 Å². The molecule has 1 aromatic heterocycles. The van der Waals surface area contributed by atoms with Crippen molar-refractivity contribution < 1.29 is 14.5 Å². The number of carbonyl (C=O) groups excluding carboxylic acids is 1. The molecule has 0 N–H and O–H groups in total. The molecule has 3 aromatic rings. The maximum atomic E-state index is 13.6. The van der Waals surface area contributed by atoms with Crippen molar-refractivity contribution in [3.8, 4) is 0 Å². The van der Waals surface area contributed by atoms with Gasteiger partial charge in [-0.2, -0.15) is 4.57 Å². The lowest BCUT2D eigenvalue weighted by Gasteiger charge is -2.40. The first-order valence-electron chi connectivity index (χ1n) is 12.1. The van der Waals surface area contributed by atoms with Crippen LogP contribution in [0.2, 0.25) is 0 Å². The van der Waals surface area contributed by atoms with Crippen molar-refractivity contribution in [3.63, 3.8) is 0 Å². The number of nitrogens with zero attached hydrogens (tertiary/aromatic N) is 2. The normalized spacial score (nSPS) is 21.4. The van der Waals surface area contributed by atoms with E-state index >= 15 is 0 Å². The molecule has 2 aromatic carbocycles. The SMILES string of the molecule is O=C1C(C2=C3C=Cc4ccccc4N3CCC2)=C([O-])/C1=C1/CCC[n+]2c1ccc1ccccc12. The molecule has 4 nitrogen and oxygen atoms in total. The van der Waals surface area contributed by atoms with Crippen molar-refractivity contribution in [3.05, 3.63) is 106 Å². The monoisotopic (exact) mass is 444 g/mol. The molecule has 0 saturated carbocycles. The Hall–Kier alpha value is -3.92. The third kappa shape index (κ3) is 2.65. The number of carbonyl (C=O) groups is 1. The highest BCUT2D eigenvalue weighted by atomic mass is 16.3. The number of benzene rings is 2. The van der Waals surface area contributed by atoms with Gasteiger partial charge in [0.15, 0.2) is 5.78 Å². The number of rotatable bonds is 1. The lowest BCUT2D eigenvalue weighted by molar-refractivity contribution is -0.677. The molecule has 0 amide bonds. The molecule has 4 aliphatic rings. The summed E-state index contributed by atoms with van der Waals surface area (Å²) >= 11 is 0. The molecule has 4 heteroatoms. The van der Waals surface area contributed by atoms with Crippen LogP contribution in [0.15, 0.2) is 94.9 Å². The highest BCUT2D eigenvalue weighted by Crippen LogP contribution is 2.45. The first kappa shape index (κ1) is 19.5. The molecule has 0 fully saturated rings. The summed E-state index contributed by atoms with van der Waals surface area (Å²) in [6, 6.07) is 20.8. The van der Waals surface area contributed by atoms with Crippen molar-refractivity contribution >= 4 is 34.0 Å². The van der Waals surface area contributed by atoms with E-state index in [2.05, 4.69) is 58.0 Å². The molecule has 0 bridgehead atoms. The van der Waals surface area contributed by atoms with Crippen LogP contribution in [0.25, 0.3) is 22.6 Å². The van der Waals surface area contributed by atoms with Crippen LogP contribution >= 0.6 is 0 Å². The zero-order chi connectivity index (χ0) is 22.8. The van der Waals surface area contributed by atoms with E-state index in [1.165, 1.54) is 10.9 Å². The van der Waals surface area contributed by atoms with Gasteiger partial charge >= 0.3 is 0 Å². The van der Waals surface area contributed by atoms with Gasteiger partial charge in [-0.15, -0.1) is 0 Å². The van der Waals surface area contributed by atoms with Gasteiger partial charge < -0.3 is 10.0 Å². The predicted octanol–water partition coefficient (Wildman–Crippen LogP) is 4.45. The van der Waals surface area contributed by atoms with Crippen molar-refractivity contribution in [1.29, 1.82) is 0 Å². The van der Waals surface area contributed by atoms with Crippen molar-refractivity contribution in [2.75, 3.05) is 11.4 Å². The molecule has 1 aliphatic carbocycles. The van der Waals surface area contributed by atoms with Gasteiger partial charge in [0.2, 0.25) is 11.2 Å². The van der Waals surface area contributed by atoms with Gasteiger partial charge in [0, 0.05) is 58.6 Å². The van der Waals surface area contributed by atoms with Crippen LogP contribution in [0, 0.1) is 0 Å². The Morgan fingerprint density at radius 3 is 2.56 bits per heavy atom. The summed E-state index contributed by atoms with van der Waals surface area (Å²) in [4.78, 5) is 15.8. The van der Waals surface area contributed by atoms with Crippen molar-refractivity contribution in [1.82, 2.24) is 0 Å². The smallest absolute Gasteiger partial charge is 0.212 e. The van der Waals surface area contributed by atoms with E-state index in [-0.39, 0.29) is 11.5 Å². The molecule has 7 rings (SSSR count). The van der Waals surface area contributed by atoms with E-state index in [9.17, 15) is 9.90 Å². The fraction of sp³-hybridized carbons (Fsp3) is 0.200. The predicted molar refractivity (Wildman–Crippen MR) is 131 cm³/mol.